The van der Waals surface area contributed by atoms with Crippen LogP contribution in [0.1, 0.15) is 12.0 Å². The molecule has 9 heteroatoms. The second-order valence-electron chi connectivity index (χ2n) is 4.80. The van der Waals surface area contributed by atoms with Gasteiger partial charge in [-0.2, -0.15) is 14.5 Å². The van der Waals surface area contributed by atoms with Crippen molar-refractivity contribution in [3.63, 3.8) is 0 Å². The van der Waals surface area contributed by atoms with E-state index in [1.807, 2.05) is 0 Å². The van der Waals surface area contributed by atoms with Crippen molar-refractivity contribution in [3.8, 4) is 0 Å². The third kappa shape index (κ3) is 3.69. The second-order valence-corrected chi connectivity index (χ2v) is 6.84. The van der Waals surface area contributed by atoms with Crippen molar-refractivity contribution in [2.45, 2.75) is 24.4 Å². The second kappa shape index (κ2) is 6.37. The molecule has 2 heterocycles. The summed E-state index contributed by atoms with van der Waals surface area (Å²) in [5, 5.41) is 16.8. The van der Waals surface area contributed by atoms with Crippen LogP contribution in [0, 0.1) is 0 Å². The van der Waals surface area contributed by atoms with E-state index in [1.165, 1.54) is 28.4 Å². The van der Waals surface area contributed by atoms with Crippen LogP contribution < -0.4 is 0 Å². The zero-order valence-corrected chi connectivity index (χ0v) is 12.9. The Morgan fingerprint density at radius 2 is 2.05 bits per heavy atom. The number of hydrogen-bond donors (Lipinski definition) is 1. The van der Waals surface area contributed by atoms with Gasteiger partial charge in [0.25, 0.3) is 0 Å². The van der Waals surface area contributed by atoms with E-state index in [1.54, 1.807) is 24.1 Å². The molecular weight excluding hydrogens is 294 g/mol. The lowest BCUT2D eigenvalue weighted by Gasteiger charge is -2.14. The number of nitrogens with zero attached hydrogens (tertiary/aromatic N) is 5. The lowest BCUT2D eigenvalue weighted by Crippen LogP contribution is -2.26. The van der Waals surface area contributed by atoms with Crippen LogP contribution in [-0.4, -0.2) is 51.0 Å². The molecule has 0 aromatic carbocycles. The van der Waals surface area contributed by atoms with Crippen LogP contribution in [-0.2, 0) is 30.2 Å². The van der Waals surface area contributed by atoms with Crippen molar-refractivity contribution < 1.29 is 13.5 Å². The average molecular weight is 313 g/mol. The van der Waals surface area contributed by atoms with E-state index >= 15 is 0 Å². The van der Waals surface area contributed by atoms with Gasteiger partial charge in [0, 0.05) is 51.7 Å². The Bertz CT molecular complexity index is 691. The van der Waals surface area contributed by atoms with E-state index in [9.17, 15) is 8.42 Å². The first-order valence-electron chi connectivity index (χ1n) is 6.50. The van der Waals surface area contributed by atoms with Crippen LogP contribution >= 0.6 is 0 Å². The Morgan fingerprint density at radius 3 is 2.67 bits per heavy atom. The minimum atomic E-state index is -3.58. The molecule has 8 nitrogen and oxygen atoms in total. The maximum atomic E-state index is 12.4. The Hall–Kier alpha value is -1.71. The highest BCUT2D eigenvalue weighted by molar-refractivity contribution is 7.89. The van der Waals surface area contributed by atoms with Crippen molar-refractivity contribution in [2.24, 2.45) is 7.05 Å². The summed E-state index contributed by atoms with van der Waals surface area (Å²) in [7, 11) is -0.279. The molecule has 0 saturated carbocycles. The maximum Gasteiger partial charge on any atom is 0.246 e. The third-order valence-electron chi connectivity index (χ3n) is 3.03. The van der Waals surface area contributed by atoms with Crippen molar-refractivity contribution in [3.05, 3.63) is 30.4 Å². The smallest absolute Gasteiger partial charge is 0.246 e. The summed E-state index contributed by atoms with van der Waals surface area (Å²) in [6.07, 6.45) is 6.75. The molecule has 0 fully saturated rings. The van der Waals surface area contributed by atoms with Gasteiger partial charge in [0.1, 0.15) is 4.90 Å². The predicted octanol–water partition coefficient (Wildman–Crippen LogP) is -0.180. The van der Waals surface area contributed by atoms with Gasteiger partial charge < -0.3 is 5.11 Å². The fourth-order valence-corrected chi connectivity index (χ4v) is 3.02. The molecule has 116 valence electrons. The molecular formula is C12H19N5O3S. The highest BCUT2D eigenvalue weighted by Crippen LogP contribution is 2.15. The summed E-state index contributed by atoms with van der Waals surface area (Å²) >= 11 is 0. The van der Waals surface area contributed by atoms with E-state index in [0.717, 1.165) is 5.56 Å². The summed E-state index contributed by atoms with van der Waals surface area (Å²) < 4.78 is 29.3. The molecule has 0 amide bonds. The molecule has 2 aromatic heterocycles. The standard InChI is InChI=1S/C12H19N5O3S/c1-15-8-11(6-13-15)9-16(2)21(19,20)12-7-14-17(10-12)4-3-5-18/h6-8,10,18H,3-5,9H2,1-2H3. The van der Waals surface area contributed by atoms with E-state index in [2.05, 4.69) is 10.2 Å². The number of aromatic nitrogens is 4. The third-order valence-corrected chi connectivity index (χ3v) is 4.78. The molecule has 0 radical (unpaired) electrons. The molecule has 0 atom stereocenters. The van der Waals surface area contributed by atoms with Gasteiger partial charge in [0.15, 0.2) is 0 Å². The minimum absolute atomic E-state index is 0.0445. The number of hydrogen-bond acceptors (Lipinski definition) is 5. The zero-order valence-electron chi connectivity index (χ0n) is 12.0. The van der Waals surface area contributed by atoms with Gasteiger partial charge in [-0.1, -0.05) is 0 Å². The van der Waals surface area contributed by atoms with E-state index in [-0.39, 0.29) is 18.0 Å². The first-order chi connectivity index (χ1) is 9.93. The highest BCUT2D eigenvalue weighted by Gasteiger charge is 2.23. The average Bonchev–Trinajstić information content (AvgIpc) is 3.06. The van der Waals surface area contributed by atoms with Gasteiger partial charge in [-0.25, -0.2) is 8.42 Å². The quantitative estimate of drug-likeness (QED) is 0.765. The summed E-state index contributed by atoms with van der Waals surface area (Å²) in [6.45, 7) is 0.777. The number of aryl methyl sites for hydroxylation is 2. The Kier molecular flexibility index (Phi) is 4.76. The van der Waals surface area contributed by atoms with Crippen LogP contribution in [0.15, 0.2) is 29.7 Å². The van der Waals surface area contributed by atoms with Crippen LogP contribution in [0.25, 0.3) is 0 Å². The van der Waals surface area contributed by atoms with Gasteiger partial charge in [-0.3, -0.25) is 9.36 Å². The summed E-state index contributed by atoms with van der Waals surface area (Å²) in [5.74, 6) is 0. The van der Waals surface area contributed by atoms with E-state index < -0.39 is 10.0 Å². The normalized spacial score (nSPS) is 12.2. The molecule has 0 unspecified atom stereocenters. The molecule has 2 aromatic rings. The molecule has 0 aliphatic rings. The molecule has 0 spiro atoms. The van der Waals surface area contributed by atoms with Crippen molar-refractivity contribution in [2.75, 3.05) is 13.7 Å². The molecule has 0 aliphatic carbocycles. The lowest BCUT2D eigenvalue weighted by atomic mass is 10.4. The van der Waals surface area contributed by atoms with Crippen LogP contribution in [0.3, 0.4) is 0 Å². The molecule has 1 N–H and O–H groups in total. The topological polar surface area (TPSA) is 93.3 Å². The monoisotopic (exact) mass is 313 g/mol. The Labute approximate surface area is 123 Å². The van der Waals surface area contributed by atoms with Crippen LogP contribution in [0.2, 0.25) is 0 Å². The van der Waals surface area contributed by atoms with Gasteiger partial charge in [0.2, 0.25) is 10.0 Å². The Morgan fingerprint density at radius 1 is 1.29 bits per heavy atom. The first kappa shape index (κ1) is 15.7. The van der Waals surface area contributed by atoms with Crippen molar-refractivity contribution in [1.29, 1.82) is 0 Å². The van der Waals surface area contributed by atoms with E-state index in [4.69, 9.17) is 5.11 Å². The molecule has 0 bridgehead atoms. The summed E-state index contributed by atoms with van der Waals surface area (Å²) in [6, 6.07) is 0. The molecule has 2 rings (SSSR count). The first-order valence-corrected chi connectivity index (χ1v) is 7.94. The van der Waals surface area contributed by atoms with Crippen LogP contribution in [0.4, 0.5) is 0 Å². The fourth-order valence-electron chi connectivity index (χ4n) is 1.91. The minimum Gasteiger partial charge on any atom is -0.396 e. The van der Waals surface area contributed by atoms with Crippen molar-refractivity contribution >= 4 is 10.0 Å². The lowest BCUT2D eigenvalue weighted by molar-refractivity contribution is 0.277. The largest absolute Gasteiger partial charge is 0.396 e. The number of rotatable bonds is 7. The zero-order chi connectivity index (χ0) is 15.5. The van der Waals surface area contributed by atoms with Gasteiger partial charge in [0.05, 0.1) is 12.4 Å². The molecule has 21 heavy (non-hydrogen) atoms. The van der Waals surface area contributed by atoms with Gasteiger partial charge in [-0.05, 0) is 6.42 Å². The number of aliphatic hydroxyl groups is 1. The van der Waals surface area contributed by atoms with Crippen molar-refractivity contribution in [1.82, 2.24) is 23.9 Å². The number of aliphatic hydroxyl groups excluding tert-OH is 1. The van der Waals surface area contributed by atoms with Gasteiger partial charge in [-0.15, -0.1) is 0 Å². The molecule has 0 saturated heterocycles. The predicted molar refractivity (Wildman–Crippen MR) is 75.8 cm³/mol. The Balaban J connectivity index is 2.11. The van der Waals surface area contributed by atoms with Gasteiger partial charge >= 0.3 is 0 Å². The fraction of sp³-hybridized carbons (Fsp3) is 0.500. The number of sulfonamides is 1. The SMILES string of the molecule is CN(Cc1cnn(C)c1)S(=O)(=O)c1cnn(CCCO)c1. The molecule has 0 aliphatic heterocycles. The van der Waals surface area contributed by atoms with Crippen LogP contribution in [0.5, 0.6) is 0 Å². The summed E-state index contributed by atoms with van der Waals surface area (Å²) in [4.78, 5) is 0.145. The summed E-state index contributed by atoms with van der Waals surface area (Å²) in [5.41, 5.74) is 0.816. The van der Waals surface area contributed by atoms with E-state index in [0.29, 0.717) is 13.0 Å². The maximum absolute atomic E-state index is 12.4. The highest BCUT2D eigenvalue weighted by atomic mass is 32.2.